The summed E-state index contributed by atoms with van der Waals surface area (Å²) in [6.45, 7) is 1.68. The maximum absolute atomic E-state index is 12.9. The van der Waals surface area contributed by atoms with Crippen molar-refractivity contribution in [3.8, 4) is 0 Å². The van der Waals surface area contributed by atoms with Crippen LogP contribution in [0, 0.1) is 0 Å². The molecule has 1 aromatic heterocycles. The lowest BCUT2D eigenvalue weighted by Gasteiger charge is -2.21. The number of rotatable bonds is 41. The second kappa shape index (κ2) is 41.8. The van der Waals surface area contributed by atoms with E-state index in [1.165, 1.54) is 25.3 Å². The number of phosphoric acid groups is 2. The Labute approximate surface area is 459 Å². The zero-order valence-corrected chi connectivity index (χ0v) is 46.7. The second-order valence-corrected chi connectivity index (χ2v) is 20.7. The predicted molar refractivity (Wildman–Crippen MR) is 300 cm³/mol. The van der Waals surface area contributed by atoms with Gasteiger partial charge in [-0.15, -0.1) is 0 Å². The van der Waals surface area contributed by atoms with Crippen LogP contribution in [0.15, 0.2) is 151 Å². The SMILES string of the molecule is CC/C=C\C[C@@H](O)/C=C/C=C\C=C\[C@@H](O)C/C=C\C/C=C\CCC(=O)OC[C@H](COP(=O)(O)OP(=O)(O)OC[C@H]1O[C@@H](n2ccc(N)nc2=O)[C@H](O)[C@@H]1O)OC(=O)CC/C=C\C/C=C\C/C=C\C/C=C\C/C=C\CCCCC. The molecule has 1 aliphatic rings. The molecule has 2 heterocycles. The Morgan fingerprint density at radius 1 is 0.692 bits per heavy atom. The third kappa shape index (κ3) is 34.0. The first-order valence-corrected chi connectivity index (χ1v) is 29.4. The van der Waals surface area contributed by atoms with Crippen molar-refractivity contribution in [2.45, 2.75) is 159 Å². The highest BCUT2D eigenvalue weighted by molar-refractivity contribution is 7.61. The zero-order chi connectivity index (χ0) is 57.3. The smallest absolute Gasteiger partial charge is 0.462 e. The topological polar surface area (TPSA) is 306 Å². The van der Waals surface area contributed by atoms with Gasteiger partial charge in [0.25, 0.3) is 0 Å². The van der Waals surface area contributed by atoms with E-state index in [0.29, 0.717) is 25.7 Å². The van der Waals surface area contributed by atoms with Gasteiger partial charge >= 0.3 is 33.3 Å². The predicted octanol–water partition coefficient (Wildman–Crippen LogP) is 9.27. The third-order valence-corrected chi connectivity index (χ3v) is 13.5. The van der Waals surface area contributed by atoms with Crippen LogP contribution in [0.3, 0.4) is 0 Å². The molecule has 1 aliphatic heterocycles. The first-order valence-electron chi connectivity index (χ1n) is 26.4. The normalized spacial score (nSPS) is 20.4. The summed E-state index contributed by atoms with van der Waals surface area (Å²) in [6.07, 6.45) is 44.7. The number of aliphatic hydroxyl groups is 4. The van der Waals surface area contributed by atoms with Gasteiger partial charge in [-0.3, -0.25) is 23.2 Å². The molecule has 1 aromatic rings. The lowest BCUT2D eigenvalue weighted by Crippen LogP contribution is -2.36. The van der Waals surface area contributed by atoms with E-state index < -0.39 is 95.9 Å². The van der Waals surface area contributed by atoms with Gasteiger partial charge in [-0.1, -0.05) is 160 Å². The number of unbranched alkanes of at least 4 members (excludes halogenated alkanes) is 3. The summed E-state index contributed by atoms with van der Waals surface area (Å²) in [5.41, 5.74) is 4.56. The Morgan fingerprint density at radius 3 is 1.76 bits per heavy atom. The van der Waals surface area contributed by atoms with Crippen LogP contribution >= 0.6 is 15.6 Å². The third-order valence-electron chi connectivity index (χ3n) is 10.9. The van der Waals surface area contributed by atoms with E-state index in [2.05, 4.69) is 52.7 Å². The van der Waals surface area contributed by atoms with Gasteiger partial charge in [0.2, 0.25) is 0 Å². The number of anilines is 1. The number of nitrogen functional groups attached to an aromatic ring is 1. The quantitative estimate of drug-likeness (QED) is 0.0106. The number of aliphatic hydroxyl groups excluding tert-OH is 4. The number of allylic oxidation sites excluding steroid dienone is 18. The van der Waals surface area contributed by atoms with Crippen molar-refractivity contribution < 1.29 is 76.5 Å². The van der Waals surface area contributed by atoms with Gasteiger partial charge in [0, 0.05) is 19.0 Å². The Morgan fingerprint density at radius 2 is 1.21 bits per heavy atom. The monoisotopic (exact) mass is 1130 g/mol. The average Bonchev–Trinajstić information content (AvgIpc) is 3.71. The lowest BCUT2D eigenvalue weighted by molar-refractivity contribution is -0.161. The van der Waals surface area contributed by atoms with Crippen molar-refractivity contribution in [1.29, 1.82) is 0 Å². The van der Waals surface area contributed by atoms with Crippen molar-refractivity contribution in [3.63, 3.8) is 0 Å². The molecule has 0 aliphatic carbocycles. The molecule has 9 atom stereocenters. The molecule has 22 heteroatoms. The number of ether oxygens (including phenoxy) is 3. The van der Waals surface area contributed by atoms with Gasteiger partial charge in [-0.05, 0) is 83.1 Å². The summed E-state index contributed by atoms with van der Waals surface area (Å²) in [7, 11) is -11.0. The summed E-state index contributed by atoms with van der Waals surface area (Å²) >= 11 is 0. The molecule has 8 N–H and O–H groups in total. The lowest BCUT2D eigenvalue weighted by atomic mass is 10.1. The van der Waals surface area contributed by atoms with Crippen LogP contribution in [0.1, 0.15) is 123 Å². The molecule has 0 spiro atoms. The van der Waals surface area contributed by atoms with Crippen molar-refractivity contribution in [2.24, 2.45) is 0 Å². The van der Waals surface area contributed by atoms with Crippen LogP contribution in [-0.2, 0) is 46.3 Å². The standard InChI is InChI=1S/C56H83N3O17P2/c1-3-5-7-8-9-10-11-12-13-14-15-16-17-18-19-20-21-26-34-40-52(63)74-48(43-71-51(62)39-33-25-23-22-24-30-36-47(61)38-32-28-27-31-37-46(60)35-29-6-4-2)44-72-77(67,68)76-78(69,70)73-45-49-53(64)54(65)55(75-49)59-42-41-50(57)58-56(59)66/h6,9-10,12-13,15-16,18-19,21,23-32,37-38,41-42,46-49,53-55,60-61,64-65H,3-5,7-8,11,14,17,20,22,33-36,39-40,43-45H2,1-2H3,(H,67,68)(H,69,70)(H2,57,58,66)/b10-9-,13-12-,16-15-,19-18-,25-23-,26-21-,28-27-,29-6-,30-24-,37-31+,38-32+/t46-,47+,48-,49-,53-,54-,55-/m1/s1. The van der Waals surface area contributed by atoms with Gasteiger partial charge in [0.05, 0.1) is 25.4 Å². The van der Waals surface area contributed by atoms with Gasteiger partial charge in [-0.2, -0.15) is 9.29 Å². The van der Waals surface area contributed by atoms with E-state index in [4.69, 9.17) is 29.0 Å². The Kier molecular flexibility index (Phi) is 36.9. The number of aromatic nitrogens is 2. The van der Waals surface area contributed by atoms with Crippen LogP contribution in [0.25, 0.3) is 0 Å². The minimum atomic E-state index is -5.49. The molecular weight excluding hydrogens is 1050 g/mol. The maximum atomic E-state index is 12.9. The highest BCUT2D eigenvalue weighted by Crippen LogP contribution is 2.60. The molecule has 434 valence electrons. The van der Waals surface area contributed by atoms with Gasteiger partial charge < -0.3 is 50.2 Å². The van der Waals surface area contributed by atoms with Crippen LogP contribution in [0.4, 0.5) is 5.82 Å². The average molecular weight is 1130 g/mol. The van der Waals surface area contributed by atoms with Gasteiger partial charge in [-0.25, -0.2) is 13.9 Å². The maximum Gasteiger partial charge on any atom is 0.481 e. The summed E-state index contributed by atoms with van der Waals surface area (Å²) < 4.78 is 56.6. The molecule has 20 nitrogen and oxygen atoms in total. The van der Waals surface area contributed by atoms with E-state index in [-0.39, 0.29) is 31.5 Å². The summed E-state index contributed by atoms with van der Waals surface area (Å²) in [4.78, 5) is 61.9. The van der Waals surface area contributed by atoms with Crippen molar-refractivity contribution in [2.75, 3.05) is 25.6 Å². The number of carbonyl (C=O) groups excluding carboxylic acids is 2. The molecular formula is C56H83N3O17P2. The number of nitrogens with zero attached hydrogens (tertiary/aromatic N) is 2. The van der Waals surface area contributed by atoms with E-state index in [9.17, 15) is 53.7 Å². The Balaban J connectivity index is 1.89. The zero-order valence-electron chi connectivity index (χ0n) is 44.9. The van der Waals surface area contributed by atoms with Crippen LogP contribution in [0.5, 0.6) is 0 Å². The number of carbonyl (C=O) groups is 2. The van der Waals surface area contributed by atoms with Gasteiger partial charge in [0.1, 0.15) is 30.7 Å². The molecule has 0 radical (unpaired) electrons. The fourth-order valence-corrected chi connectivity index (χ4v) is 8.90. The van der Waals surface area contributed by atoms with Crippen LogP contribution in [-0.4, -0.2) is 108 Å². The minimum Gasteiger partial charge on any atom is -0.462 e. The van der Waals surface area contributed by atoms with E-state index >= 15 is 0 Å². The highest BCUT2D eigenvalue weighted by atomic mass is 31.3. The minimum absolute atomic E-state index is 0.0789. The van der Waals surface area contributed by atoms with Crippen molar-refractivity contribution in [3.05, 3.63) is 156 Å². The number of hydrogen-bond donors (Lipinski definition) is 7. The number of hydrogen-bond acceptors (Lipinski definition) is 17. The summed E-state index contributed by atoms with van der Waals surface area (Å²) in [5, 5.41) is 41.0. The fraction of sp³-hybridized carbons (Fsp3) is 0.500. The summed E-state index contributed by atoms with van der Waals surface area (Å²) in [5.74, 6) is -1.59. The second-order valence-electron chi connectivity index (χ2n) is 17.7. The van der Waals surface area contributed by atoms with Crippen molar-refractivity contribution >= 4 is 33.4 Å². The number of esters is 2. The molecule has 0 bridgehead atoms. The molecule has 0 saturated carbocycles. The van der Waals surface area contributed by atoms with E-state index in [0.717, 1.165) is 42.9 Å². The van der Waals surface area contributed by atoms with Crippen LogP contribution < -0.4 is 11.4 Å². The van der Waals surface area contributed by atoms with Crippen LogP contribution in [0.2, 0.25) is 0 Å². The molecule has 2 unspecified atom stereocenters. The Bertz CT molecular complexity index is 2370. The molecule has 78 heavy (non-hydrogen) atoms. The van der Waals surface area contributed by atoms with Gasteiger partial charge in [0.15, 0.2) is 12.3 Å². The number of phosphoric ester groups is 2. The van der Waals surface area contributed by atoms with E-state index in [1.807, 2.05) is 55.5 Å². The first kappa shape index (κ1) is 68.9. The fourth-order valence-electron chi connectivity index (χ4n) is 6.79. The van der Waals surface area contributed by atoms with E-state index in [1.54, 1.807) is 48.6 Å². The highest BCUT2D eigenvalue weighted by Gasteiger charge is 2.46. The molecule has 1 saturated heterocycles. The molecule has 2 rings (SSSR count). The molecule has 1 fully saturated rings. The largest absolute Gasteiger partial charge is 0.481 e. The Hall–Kier alpha value is -5.18. The summed E-state index contributed by atoms with van der Waals surface area (Å²) in [6, 6.07) is 1.23. The van der Waals surface area contributed by atoms with Crippen molar-refractivity contribution in [1.82, 2.24) is 9.55 Å². The number of nitrogens with two attached hydrogens (primary N) is 1. The first-order chi connectivity index (χ1) is 37.5. The molecule has 0 aromatic carbocycles. The molecule has 0 amide bonds.